The normalized spacial score (nSPS) is 15.7. The smallest absolute Gasteiger partial charge is 0.282 e. The molecule has 5 nitrogen and oxygen atoms in total. The van der Waals surface area contributed by atoms with E-state index >= 15 is 0 Å². The number of hydrogen-bond donors (Lipinski definition) is 0. The van der Waals surface area contributed by atoms with Crippen LogP contribution in [0.2, 0.25) is 0 Å². The van der Waals surface area contributed by atoms with Crippen LogP contribution in [0.1, 0.15) is 34.7 Å². The average Bonchev–Trinajstić information content (AvgIpc) is 3.09. The third-order valence-electron chi connectivity index (χ3n) is 6.56. The number of amides is 2. The van der Waals surface area contributed by atoms with E-state index in [0.717, 1.165) is 23.1 Å². The zero-order valence-electron chi connectivity index (χ0n) is 19.8. The van der Waals surface area contributed by atoms with Crippen LogP contribution in [0.4, 0.5) is 5.69 Å². The molecule has 0 bridgehead atoms. The third-order valence-corrected chi connectivity index (χ3v) is 6.56. The number of ether oxygens (including phenoxy) is 1. The highest BCUT2D eigenvalue weighted by Gasteiger charge is 2.44. The van der Waals surface area contributed by atoms with Gasteiger partial charge < -0.3 is 9.64 Å². The molecule has 5 rings (SSSR count). The van der Waals surface area contributed by atoms with Crippen LogP contribution in [-0.2, 0) is 22.6 Å². The van der Waals surface area contributed by atoms with Gasteiger partial charge in [0.15, 0.2) is 0 Å². The molecule has 3 aromatic rings. The predicted molar refractivity (Wildman–Crippen MR) is 133 cm³/mol. The first-order chi connectivity index (χ1) is 16.5. The van der Waals surface area contributed by atoms with Crippen molar-refractivity contribution in [3.05, 3.63) is 100 Å². The molecule has 0 N–H and O–H groups in total. The number of hydrogen-bond acceptors (Lipinski definition) is 4. The largest absolute Gasteiger partial charge is 0.492 e. The lowest BCUT2D eigenvalue weighted by Crippen LogP contribution is -2.37. The maximum Gasteiger partial charge on any atom is 0.282 e. The molecule has 0 aliphatic carbocycles. The molecule has 34 heavy (non-hydrogen) atoms. The van der Waals surface area contributed by atoms with Gasteiger partial charge in [0.05, 0.1) is 17.9 Å². The lowest BCUT2D eigenvalue weighted by Gasteiger charge is -2.31. The van der Waals surface area contributed by atoms with E-state index in [2.05, 4.69) is 23.1 Å². The van der Waals surface area contributed by atoms with Crippen molar-refractivity contribution in [1.29, 1.82) is 0 Å². The molecule has 0 spiro atoms. The number of imide groups is 1. The Morgan fingerprint density at radius 1 is 0.882 bits per heavy atom. The second kappa shape index (κ2) is 8.82. The van der Waals surface area contributed by atoms with Gasteiger partial charge in [-0.25, -0.2) is 4.90 Å². The van der Waals surface area contributed by atoms with Gasteiger partial charge >= 0.3 is 0 Å². The second-order valence-electron chi connectivity index (χ2n) is 8.83. The number of nitrogens with zero attached hydrogens (tertiary/aromatic N) is 2. The number of carbonyl (C=O) groups excluding carboxylic acids is 2. The minimum atomic E-state index is -0.307. The topological polar surface area (TPSA) is 49.9 Å². The van der Waals surface area contributed by atoms with E-state index < -0.39 is 0 Å². The zero-order valence-corrected chi connectivity index (χ0v) is 19.8. The number of aryl methyl sites for hydroxylation is 2. The van der Waals surface area contributed by atoms with E-state index in [0.29, 0.717) is 42.4 Å². The summed E-state index contributed by atoms with van der Waals surface area (Å²) in [6.07, 6.45) is 0.830. The number of benzene rings is 3. The molecule has 2 heterocycles. The number of carbonyl (C=O) groups is 2. The second-order valence-corrected chi connectivity index (χ2v) is 8.83. The van der Waals surface area contributed by atoms with Crippen molar-refractivity contribution in [3.63, 3.8) is 0 Å². The summed E-state index contributed by atoms with van der Waals surface area (Å²) in [5.74, 6) is -0.0820. The number of rotatable bonds is 5. The third kappa shape index (κ3) is 3.67. The summed E-state index contributed by atoms with van der Waals surface area (Å²) in [6.45, 7) is 7.63. The molecule has 2 aliphatic heterocycles. The summed E-state index contributed by atoms with van der Waals surface area (Å²) >= 11 is 0. The van der Waals surface area contributed by atoms with E-state index in [-0.39, 0.29) is 11.8 Å². The molecule has 0 atom stereocenters. The van der Waals surface area contributed by atoms with E-state index in [1.54, 1.807) is 12.1 Å². The Bertz CT molecular complexity index is 1320. The fourth-order valence-electron chi connectivity index (χ4n) is 4.97. The number of fused-ring (bicyclic) bond motifs is 1. The maximum absolute atomic E-state index is 14.0. The van der Waals surface area contributed by atoms with Crippen molar-refractivity contribution in [2.75, 3.05) is 18.1 Å². The molecule has 2 aliphatic rings. The van der Waals surface area contributed by atoms with Gasteiger partial charge in [0, 0.05) is 13.1 Å². The van der Waals surface area contributed by atoms with Gasteiger partial charge in [0.25, 0.3) is 11.8 Å². The van der Waals surface area contributed by atoms with Crippen LogP contribution in [0.25, 0.3) is 5.57 Å². The van der Waals surface area contributed by atoms with Crippen molar-refractivity contribution in [3.8, 4) is 5.75 Å². The first kappa shape index (κ1) is 22.0. The van der Waals surface area contributed by atoms with E-state index in [9.17, 15) is 9.59 Å². The summed E-state index contributed by atoms with van der Waals surface area (Å²) < 4.78 is 5.78. The summed E-state index contributed by atoms with van der Waals surface area (Å²) in [5, 5.41) is 0. The zero-order chi connectivity index (χ0) is 23.8. The first-order valence-electron chi connectivity index (χ1n) is 11.7. The molecule has 0 aromatic heterocycles. The molecule has 0 saturated heterocycles. The monoisotopic (exact) mass is 452 g/mol. The first-order valence-corrected chi connectivity index (χ1v) is 11.7. The van der Waals surface area contributed by atoms with Crippen LogP contribution in [-0.4, -0.2) is 29.9 Å². The highest BCUT2D eigenvalue weighted by molar-refractivity contribution is 6.45. The van der Waals surface area contributed by atoms with Crippen LogP contribution < -0.4 is 9.64 Å². The van der Waals surface area contributed by atoms with Crippen molar-refractivity contribution in [1.82, 2.24) is 4.90 Å². The molecule has 5 heteroatoms. The van der Waals surface area contributed by atoms with Crippen LogP contribution in [0.3, 0.4) is 0 Å². The Kier molecular flexibility index (Phi) is 5.70. The van der Waals surface area contributed by atoms with Crippen molar-refractivity contribution >= 4 is 23.1 Å². The van der Waals surface area contributed by atoms with Gasteiger partial charge in [-0.1, -0.05) is 60.2 Å². The molecule has 0 saturated carbocycles. The van der Waals surface area contributed by atoms with E-state index in [1.165, 1.54) is 16.0 Å². The van der Waals surface area contributed by atoms with Gasteiger partial charge in [-0.15, -0.1) is 0 Å². The Balaban J connectivity index is 1.65. The summed E-state index contributed by atoms with van der Waals surface area (Å²) in [5.41, 5.74) is 6.79. The van der Waals surface area contributed by atoms with Gasteiger partial charge in [-0.05, 0) is 61.6 Å². The fraction of sp³-hybridized carbons (Fsp3) is 0.241. The summed E-state index contributed by atoms with van der Waals surface area (Å²) in [7, 11) is 0. The molecular formula is C29H28N2O3. The van der Waals surface area contributed by atoms with Crippen molar-refractivity contribution < 1.29 is 14.3 Å². The minimum absolute atomic E-state index is 0.300. The van der Waals surface area contributed by atoms with Gasteiger partial charge in [0.1, 0.15) is 11.4 Å². The van der Waals surface area contributed by atoms with Gasteiger partial charge in [-0.3, -0.25) is 9.59 Å². The Labute approximate surface area is 200 Å². The number of para-hydroxylation sites is 2. The molecule has 3 aromatic carbocycles. The molecule has 0 fully saturated rings. The van der Waals surface area contributed by atoms with Crippen LogP contribution in [0.5, 0.6) is 5.75 Å². The van der Waals surface area contributed by atoms with Crippen LogP contribution in [0.15, 0.2) is 72.4 Å². The van der Waals surface area contributed by atoms with Gasteiger partial charge in [-0.2, -0.15) is 0 Å². The van der Waals surface area contributed by atoms with Crippen molar-refractivity contribution in [2.45, 2.75) is 33.7 Å². The van der Waals surface area contributed by atoms with Crippen LogP contribution in [0, 0.1) is 13.8 Å². The van der Waals surface area contributed by atoms with Crippen molar-refractivity contribution in [2.24, 2.45) is 0 Å². The molecular weight excluding hydrogens is 424 g/mol. The molecule has 172 valence electrons. The van der Waals surface area contributed by atoms with Gasteiger partial charge in [0.2, 0.25) is 0 Å². The summed E-state index contributed by atoms with van der Waals surface area (Å²) in [6, 6.07) is 21.6. The van der Waals surface area contributed by atoms with Crippen LogP contribution >= 0.6 is 0 Å². The SMILES string of the molecule is CCOc1ccccc1N1C(=O)C(c2ccc(C)cc2C)=C(N2CCc3ccccc3C2)C1=O. The Hall–Kier alpha value is -3.86. The molecule has 0 radical (unpaired) electrons. The molecule has 0 unspecified atom stereocenters. The fourth-order valence-corrected chi connectivity index (χ4v) is 4.97. The van der Waals surface area contributed by atoms with E-state index in [4.69, 9.17) is 4.74 Å². The minimum Gasteiger partial charge on any atom is -0.492 e. The highest BCUT2D eigenvalue weighted by atomic mass is 16.5. The Morgan fingerprint density at radius 2 is 1.62 bits per heavy atom. The maximum atomic E-state index is 14.0. The summed E-state index contributed by atoms with van der Waals surface area (Å²) in [4.78, 5) is 31.3. The highest BCUT2D eigenvalue weighted by Crippen LogP contribution is 2.40. The van der Waals surface area contributed by atoms with E-state index in [1.807, 2.05) is 57.2 Å². The number of anilines is 1. The standard InChI is InChI=1S/C29H28N2O3/c1-4-34-25-12-8-7-11-24(25)31-28(32)26(23-14-13-19(2)17-20(23)3)27(29(31)33)30-16-15-21-9-5-6-10-22(21)18-30/h5-14,17H,4,15-16,18H2,1-3H3. The predicted octanol–water partition coefficient (Wildman–Crippen LogP) is 5.04. The lowest BCUT2D eigenvalue weighted by atomic mass is 9.95. The quantitative estimate of drug-likeness (QED) is 0.509. The lowest BCUT2D eigenvalue weighted by molar-refractivity contribution is -0.120. The average molecular weight is 453 g/mol. The molecule has 2 amide bonds. The Morgan fingerprint density at radius 3 is 2.38 bits per heavy atom.